The van der Waals surface area contributed by atoms with E-state index in [1.54, 1.807) is 5.38 Å². The zero-order valence-corrected chi connectivity index (χ0v) is 34.0. The lowest BCUT2D eigenvalue weighted by Crippen LogP contribution is -2.65. The minimum absolute atomic E-state index is 0.0319. The van der Waals surface area contributed by atoms with Gasteiger partial charge in [0.2, 0.25) is 27.8 Å². The summed E-state index contributed by atoms with van der Waals surface area (Å²) in [5.41, 5.74) is -0.519. The highest BCUT2D eigenvalue weighted by molar-refractivity contribution is 8.14. The number of hydrogen-bond acceptors (Lipinski definition) is 8. The van der Waals surface area contributed by atoms with E-state index < -0.39 is 73.9 Å². The van der Waals surface area contributed by atoms with Gasteiger partial charge in [-0.2, -0.15) is 4.21 Å². The Morgan fingerprint density at radius 2 is 1.79 bits per heavy atom. The van der Waals surface area contributed by atoms with Gasteiger partial charge in [-0.05, 0) is 62.2 Å². The van der Waals surface area contributed by atoms with Gasteiger partial charge in [-0.25, -0.2) is 9.71 Å². The predicted octanol–water partition coefficient (Wildman–Crippen LogP) is 4.14. The third-order valence-electron chi connectivity index (χ3n) is 10.6. The van der Waals surface area contributed by atoms with Crippen LogP contribution in [-0.4, -0.2) is 91.6 Å². The van der Waals surface area contributed by atoms with E-state index in [4.69, 9.17) is 0 Å². The van der Waals surface area contributed by atoms with Crippen LogP contribution in [0, 0.1) is 22.7 Å². The summed E-state index contributed by atoms with van der Waals surface area (Å²) in [5, 5.41) is 9.91. The number of allylic oxidation sites excluding steroid dienone is 1. The molecule has 4 amide bonds. The number of Topliss-reactive ketones (excluding diaryl/α,β-unsaturated/α-hetero) is 1. The van der Waals surface area contributed by atoms with E-state index in [2.05, 4.69) is 32.2 Å². The summed E-state index contributed by atoms with van der Waals surface area (Å²) >= 11 is 1.02. The van der Waals surface area contributed by atoms with E-state index in [9.17, 15) is 32.7 Å². The molecule has 2 heterocycles. The lowest BCUT2D eigenvalue weighted by molar-refractivity contribution is -0.145. The molecule has 15 heteroatoms. The molecule has 5 atom stereocenters. The lowest BCUT2D eigenvalue weighted by atomic mass is 9.70. The number of ketones is 1. The van der Waals surface area contributed by atoms with Crippen molar-refractivity contribution in [1.82, 2.24) is 30.6 Å². The molecule has 13 nitrogen and oxygen atoms in total. The monoisotopic (exact) mass is 776 g/mol. The van der Waals surface area contributed by atoms with Crippen LogP contribution in [-0.2, 0) is 33.5 Å². The Balaban J connectivity index is 1.65. The second-order valence-corrected chi connectivity index (χ2v) is 21.3. The van der Waals surface area contributed by atoms with E-state index in [1.807, 2.05) is 47.6 Å². The number of carbonyl (C=O) groups excluding carboxylic acids is 5. The van der Waals surface area contributed by atoms with Crippen LogP contribution in [0.1, 0.15) is 99.3 Å². The molecule has 0 radical (unpaired) electrons. The molecule has 5 N–H and O–H groups in total. The molecule has 0 aromatic carbocycles. The van der Waals surface area contributed by atoms with E-state index in [-0.39, 0.29) is 29.3 Å². The maximum atomic E-state index is 14.8. The Morgan fingerprint density at radius 1 is 1.13 bits per heavy atom. The average molecular weight is 777 g/mol. The van der Waals surface area contributed by atoms with E-state index in [0.717, 1.165) is 55.3 Å². The number of carbonyl (C=O) groups is 5. The lowest BCUT2D eigenvalue weighted by Gasteiger charge is -2.48. The molecule has 0 bridgehead atoms. The average Bonchev–Trinajstić information content (AvgIpc) is 3.50. The molecular weight excluding hydrogens is 717 g/mol. The Morgan fingerprint density at radius 3 is 2.34 bits per heavy atom. The second-order valence-electron chi connectivity index (χ2n) is 17.0. The molecule has 1 unspecified atom stereocenters. The summed E-state index contributed by atoms with van der Waals surface area (Å²) in [6, 6.07) is -4.28. The van der Waals surface area contributed by atoms with Gasteiger partial charge in [0.05, 0.1) is 6.04 Å². The van der Waals surface area contributed by atoms with Crippen LogP contribution in [0.2, 0.25) is 0 Å². The van der Waals surface area contributed by atoms with Crippen molar-refractivity contribution in [3.05, 3.63) is 35.9 Å². The topological polar surface area (TPSA) is 187 Å². The van der Waals surface area contributed by atoms with Crippen molar-refractivity contribution < 1.29 is 32.7 Å². The first kappa shape index (κ1) is 42.5. The highest BCUT2D eigenvalue weighted by atomic mass is 32.3. The van der Waals surface area contributed by atoms with Crippen LogP contribution in [0.4, 0.5) is 0 Å². The first-order chi connectivity index (χ1) is 24.6. The number of hydrogen-bond donors (Lipinski definition) is 5. The molecule has 0 spiro atoms. The maximum Gasteiger partial charge on any atom is 0.289 e. The number of nitrogens with one attached hydrogen (secondary N) is 4. The zero-order chi connectivity index (χ0) is 39.4. The molecule has 1 aromatic rings. The van der Waals surface area contributed by atoms with Crippen molar-refractivity contribution >= 4 is 50.3 Å². The smallest absolute Gasteiger partial charge is 0.289 e. The fraction of sp³-hybridized carbons (Fsp3) is 0.684. The number of amides is 4. The molecule has 296 valence electrons. The van der Waals surface area contributed by atoms with Gasteiger partial charge in [0, 0.05) is 30.9 Å². The number of likely N-dealkylation sites (tertiary alicyclic amines) is 1. The summed E-state index contributed by atoms with van der Waals surface area (Å²) in [4.78, 5) is 74.9. The third-order valence-corrected chi connectivity index (χ3v) is 14.3. The van der Waals surface area contributed by atoms with Gasteiger partial charge < -0.3 is 20.9 Å². The van der Waals surface area contributed by atoms with E-state index in [0.29, 0.717) is 25.7 Å². The standard InChI is InChI=1S/C38H60N6O7S2/c1-9-17-39-33(47)29(45)27(21-25-13-14-25)41-32(46)28-22-26(20-24(2)3)23-44(28)35(49)31(37(4,5)6)42-34(48)30(38(7)15-11-10-12-16-38)43-53(8,50,51)36-40-18-19-52-36/h9,18-20,25-28,30-31H,1,10-17,21-23H2,2-8H3,(H,39,47)(H,41,46)(H,42,48)(H2,43,50,51)/t26-,27?,28+,30-,31-/m1/s1. The third kappa shape index (κ3) is 10.9. The molecular formula is C38H60N6O7S2. The highest BCUT2D eigenvalue weighted by Gasteiger charge is 2.49. The minimum Gasteiger partial charge on any atom is -0.346 e. The minimum atomic E-state index is -4.80. The largest absolute Gasteiger partial charge is 0.346 e. The summed E-state index contributed by atoms with van der Waals surface area (Å²) < 4.78 is 28.5. The van der Waals surface area contributed by atoms with Crippen molar-refractivity contribution in [3.63, 3.8) is 0 Å². The van der Waals surface area contributed by atoms with Crippen molar-refractivity contribution in [2.24, 2.45) is 22.7 Å². The first-order valence-corrected chi connectivity index (χ1v) is 21.9. The summed E-state index contributed by atoms with van der Waals surface area (Å²) in [6.45, 7) is 15.2. The number of rotatable bonds is 16. The molecule has 3 aliphatic rings. The fourth-order valence-corrected chi connectivity index (χ4v) is 10.5. The Kier molecular flexibility index (Phi) is 13.3. The molecule has 1 aromatic heterocycles. The maximum absolute atomic E-state index is 14.8. The molecule has 2 saturated carbocycles. The quantitative estimate of drug-likeness (QED) is 0.122. The molecule has 4 rings (SSSR count). The van der Waals surface area contributed by atoms with E-state index >= 15 is 0 Å². The SMILES string of the molecule is C=CCNC(=O)C(=O)C(CC1CC1)NC(=O)[C@@H]1C[C@@H](C=C(C)C)CN1C(=O)[C@@H](NC(=O)[C@@H](NS(C)(=O)(O)c1nccs1)C1(C)CCCCC1)C(C)(C)C. The van der Waals surface area contributed by atoms with Gasteiger partial charge in [-0.1, -0.05) is 87.1 Å². The van der Waals surface area contributed by atoms with Gasteiger partial charge in [0.25, 0.3) is 5.91 Å². The van der Waals surface area contributed by atoms with Gasteiger partial charge in [0.15, 0.2) is 0 Å². The zero-order valence-electron chi connectivity index (χ0n) is 32.4. The van der Waals surface area contributed by atoms with Crippen molar-refractivity contribution in [1.29, 1.82) is 0 Å². The van der Waals surface area contributed by atoms with Gasteiger partial charge in [-0.15, -0.1) is 17.9 Å². The molecule has 1 aliphatic heterocycles. The first-order valence-electron chi connectivity index (χ1n) is 18.7. The number of aromatic nitrogens is 1. The Hall–Kier alpha value is -3.27. The van der Waals surface area contributed by atoms with Crippen molar-refractivity contribution in [2.75, 3.05) is 19.3 Å². The highest BCUT2D eigenvalue weighted by Crippen LogP contribution is 2.42. The molecule has 2 aliphatic carbocycles. The summed E-state index contributed by atoms with van der Waals surface area (Å²) in [6.07, 6.45) is 12.5. The fourth-order valence-electron chi connectivity index (χ4n) is 7.53. The van der Waals surface area contributed by atoms with Crippen molar-refractivity contribution in [2.45, 2.75) is 128 Å². The molecule has 1 saturated heterocycles. The van der Waals surface area contributed by atoms with Crippen LogP contribution in [0.15, 0.2) is 40.2 Å². The summed E-state index contributed by atoms with van der Waals surface area (Å²) in [5.74, 6) is -3.10. The normalized spacial score (nSPS) is 22.6. The van der Waals surface area contributed by atoms with Gasteiger partial charge in [0.1, 0.15) is 18.1 Å². The van der Waals surface area contributed by atoms with Crippen LogP contribution < -0.4 is 20.7 Å². The van der Waals surface area contributed by atoms with Gasteiger partial charge >= 0.3 is 0 Å². The van der Waals surface area contributed by atoms with E-state index in [1.165, 1.54) is 17.2 Å². The Bertz CT molecular complexity index is 1630. The second kappa shape index (κ2) is 16.6. The van der Waals surface area contributed by atoms with Crippen LogP contribution in [0.3, 0.4) is 0 Å². The summed E-state index contributed by atoms with van der Waals surface area (Å²) in [7, 11) is -4.80. The van der Waals surface area contributed by atoms with Crippen LogP contribution >= 0.6 is 11.3 Å². The molecule has 53 heavy (non-hydrogen) atoms. The van der Waals surface area contributed by atoms with Crippen LogP contribution in [0.5, 0.6) is 0 Å². The molecule has 3 fully saturated rings. The number of thiazole rings is 1. The van der Waals surface area contributed by atoms with Gasteiger partial charge in [-0.3, -0.25) is 28.5 Å². The predicted molar refractivity (Wildman–Crippen MR) is 207 cm³/mol. The Labute approximate surface area is 318 Å². The number of nitrogens with zero attached hydrogens (tertiary/aromatic N) is 2. The van der Waals surface area contributed by atoms with Crippen molar-refractivity contribution in [3.8, 4) is 0 Å². The van der Waals surface area contributed by atoms with Crippen LogP contribution in [0.25, 0.3) is 0 Å².